The van der Waals surface area contributed by atoms with Crippen molar-refractivity contribution >= 4 is 0 Å². The summed E-state index contributed by atoms with van der Waals surface area (Å²) >= 11 is 0. The third kappa shape index (κ3) is 3.24. The second-order valence-corrected chi connectivity index (χ2v) is 5.00. The monoisotopic (exact) mass is 311 g/mol. The van der Waals surface area contributed by atoms with Crippen LogP contribution in [0.3, 0.4) is 0 Å². The highest BCUT2D eigenvalue weighted by Crippen LogP contribution is 2.26. The predicted octanol–water partition coefficient (Wildman–Crippen LogP) is 1.35. The van der Waals surface area contributed by atoms with Crippen molar-refractivity contribution in [3.8, 4) is 17.4 Å². The number of nitrogens with one attached hydrogen (secondary N) is 1. The van der Waals surface area contributed by atoms with E-state index in [1.807, 2.05) is 18.2 Å². The smallest absolute Gasteiger partial charge is 0.222 e. The molecule has 23 heavy (non-hydrogen) atoms. The molecule has 1 aromatic heterocycles. The molecule has 5 N–H and O–H groups in total. The van der Waals surface area contributed by atoms with Crippen LogP contribution in [0.1, 0.15) is 5.69 Å². The van der Waals surface area contributed by atoms with Gasteiger partial charge in [-0.1, -0.05) is 12.1 Å². The van der Waals surface area contributed by atoms with Crippen LogP contribution in [0, 0.1) is 0 Å². The summed E-state index contributed by atoms with van der Waals surface area (Å²) in [6.45, 7) is 0. The maximum atomic E-state index is 6.29. The summed E-state index contributed by atoms with van der Waals surface area (Å²) in [6, 6.07) is 8.90. The van der Waals surface area contributed by atoms with Crippen molar-refractivity contribution in [2.45, 2.75) is 5.66 Å². The van der Waals surface area contributed by atoms with Crippen molar-refractivity contribution in [3.05, 3.63) is 66.4 Å². The van der Waals surface area contributed by atoms with Gasteiger partial charge < -0.3 is 26.3 Å². The Kier molecular flexibility index (Phi) is 3.86. The van der Waals surface area contributed by atoms with Gasteiger partial charge in [0, 0.05) is 12.1 Å². The van der Waals surface area contributed by atoms with E-state index in [2.05, 4.69) is 15.3 Å². The second-order valence-electron chi connectivity index (χ2n) is 5.00. The number of methoxy groups -OCH3 is 1. The zero-order chi connectivity index (χ0) is 16.3. The highest BCUT2D eigenvalue weighted by Gasteiger charge is 2.28. The quantitative estimate of drug-likeness (QED) is 0.782. The van der Waals surface area contributed by atoms with Gasteiger partial charge in [-0.2, -0.15) is 0 Å². The average Bonchev–Trinajstić information content (AvgIpc) is 2.55. The molecule has 7 heteroatoms. The van der Waals surface area contributed by atoms with Crippen molar-refractivity contribution in [3.63, 3.8) is 0 Å². The number of nitrogens with two attached hydrogens (primary N) is 2. The molecule has 3 rings (SSSR count). The van der Waals surface area contributed by atoms with Crippen LogP contribution in [0.15, 0.2) is 60.7 Å². The van der Waals surface area contributed by atoms with Gasteiger partial charge in [-0.3, -0.25) is 0 Å². The molecule has 7 nitrogen and oxygen atoms in total. The van der Waals surface area contributed by atoms with Gasteiger partial charge in [0.2, 0.25) is 5.88 Å². The first-order valence-corrected chi connectivity index (χ1v) is 6.95. The summed E-state index contributed by atoms with van der Waals surface area (Å²) < 4.78 is 10.9. The van der Waals surface area contributed by atoms with E-state index in [1.165, 1.54) is 6.33 Å². The van der Waals surface area contributed by atoms with Crippen molar-refractivity contribution < 1.29 is 9.47 Å². The van der Waals surface area contributed by atoms with Gasteiger partial charge in [-0.15, -0.1) is 0 Å². The van der Waals surface area contributed by atoms with Gasteiger partial charge in [0.15, 0.2) is 5.66 Å². The zero-order valence-electron chi connectivity index (χ0n) is 12.6. The third-order valence-electron chi connectivity index (χ3n) is 3.32. The van der Waals surface area contributed by atoms with Crippen LogP contribution in [0.5, 0.6) is 17.4 Å². The lowest BCUT2D eigenvalue weighted by atomic mass is 10.0. The summed E-state index contributed by atoms with van der Waals surface area (Å²) in [7, 11) is 1.60. The first kappa shape index (κ1) is 14.9. The van der Waals surface area contributed by atoms with Crippen LogP contribution in [0.2, 0.25) is 0 Å². The van der Waals surface area contributed by atoms with E-state index in [4.69, 9.17) is 20.9 Å². The van der Waals surface area contributed by atoms with Crippen molar-refractivity contribution in [1.29, 1.82) is 0 Å². The number of benzene rings is 1. The number of hydrogen-bond donors (Lipinski definition) is 3. The minimum absolute atomic E-state index is 0.372. The average molecular weight is 311 g/mol. The number of dihydropyridines is 1. The lowest BCUT2D eigenvalue weighted by Gasteiger charge is -2.30. The van der Waals surface area contributed by atoms with Crippen molar-refractivity contribution in [2.75, 3.05) is 7.11 Å². The summed E-state index contributed by atoms with van der Waals surface area (Å²) in [6.07, 6.45) is 6.65. The molecule has 2 heterocycles. The molecule has 0 saturated carbocycles. The van der Waals surface area contributed by atoms with Gasteiger partial charge in [0.1, 0.15) is 17.8 Å². The SMILES string of the molecule is COc1cccc(Oc2cc(C3(N)C=CC=C(N)N3)ncn2)c1. The summed E-state index contributed by atoms with van der Waals surface area (Å²) in [5.41, 5.74) is 11.6. The molecular formula is C16H17N5O2. The number of nitrogens with zero attached hydrogens (tertiary/aromatic N) is 2. The van der Waals surface area contributed by atoms with Crippen LogP contribution in [0.25, 0.3) is 0 Å². The summed E-state index contributed by atoms with van der Waals surface area (Å²) in [5, 5.41) is 2.98. The van der Waals surface area contributed by atoms with Crippen LogP contribution >= 0.6 is 0 Å². The van der Waals surface area contributed by atoms with E-state index >= 15 is 0 Å². The van der Waals surface area contributed by atoms with Crippen LogP contribution in [-0.2, 0) is 5.66 Å². The van der Waals surface area contributed by atoms with E-state index in [0.29, 0.717) is 28.9 Å². The van der Waals surface area contributed by atoms with E-state index in [9.17, 15) is 0 Å². The fourth-order valence-corrected chi connectivity index (χ4v) is 2.18. The normalized spacial score (nSPS) is 19.7. The lowest BCUT2D eigenvalue weighted by Crippen LogP contribution is -2.51. The molecule has 0 saturated heterocycles. The number of aromatic nitrogens is 2. The number of rotatable bonds is 4. The minimum Gasteiger partial charge on any atom is -0.497 e. The Morgan fingerprint density at radius 2 is 2.00 bits per heavy atom. The Bertz CT molecular complexity index is 775. The number of allylic oxidation sites excluding steroid dienone is 2. The maximum Gasteiger partial charge on any atom is 0.222 e. The highest BCUT2D eigenvalue weighted by molar-refractivity contribution is 5.37. The second kappa shape index (κ2) is 5.98. The molecule has 0 spiro atoms. The van der Waals surface area contributed by atoms with Crippen molar-refractivity contribution in [1.82, 2.24) is 15.3 Å². The molecule has 1 aromatic carbocycles. The topological polar surface area (TPSA) is 108 Å². The first-order chi connectivity index (χ1) is 11.1. The third-order valence-corrected chi connectivity index (χ3v) is 3.32. The van der Waals surface area contributed by atoms with E-state index < -0.39 is 5.66 Å². The predicted molar refractivity (Wildman–Crippen MR) is 85.5 cm³/mol. The minimum atomic E-state index is -1.01. The number of hydrogen-bond acceptors (Lipinski definition) is 7. The molecule has 0 fully saturated rings. The Morgan fingerprint density at radius 3 is 2.78 bits per heavy atom. The van der Waals surface area contributed by atoms with Gasteiger partial charge >= 0.3 is 0 Å². The molecule has 118 valence electrons. The fraction of sp³-hybridized carbons (Fsp3) is 0.125. The lowest BCUT2D eigenvalue weighted by molar-refractivity contribution is 0.405. The molecule has 0 amide bonds. The van der Waals surface area contributed by atoms with E-state index in [-0.39, 0.29) is 0 Å². The molecule has 0 radical (unpaired) electrons. The van der Waals surface area contributed by atoms with Crippen molar-refractivity contribution in [2.24, 2.45) is 11.5 Å². The summed E-state index contributed by atoms with van der Waals surface area (Å²) in [5.74, 6) is 2.13. The molecule has 1 aliphatic rings. The molecular weight excluding hydrogens is 294 g/mol. The largest absolute Gasteiger partial charge is 0.497 e. The Morgan fingerprint density at radius 1 is 1.17 bits per heavy atom. The van der Waals surface area contributed by atoms with E-state index in [1.54, 1.807) is 37.5 Å². The first-order valence-electron chi connectivity index (χ1n) is 6.95. The number of ether oxygens (including phenoxy) is 2. The molecule has 1 aliphatic heterocycles. The zero-order valence-corrected chi connectivity index (χ0v) is 12.6. The van der Waals surface area contributed by atoms with Crippen LogP contribution < -0.4 is 26.3 Å². The molecule has 0 aliphatic carbocycles. The van der Waals surface area contributed by atoms with Crippen LogP contribution in [-0.4, -0.2) is 17.1 Å². The van der Waals surface area contributed by atoms with Gasteiger partial charge in [0.25, 0.3) is 0 Å². The Balaban J connectivity index is 1.85. The van der Waals surface area contributed by atoms with E-state index in [0.717, 1.165) is 0 Å². The Hall–Kier alpha value is -3.06. The van der Waals surface area contributed by atoms with Gasteiger partial charge in [-0.25, -0.2) is 9.97 Å². The molecule has 1 unspecified atom stereocenters. The van der Waals surface area contributed by atoms with Gasteiger partial charge in [0.05, 0.1) is 18.6 Å². The van der Waals surface area contributed by atoms with Gasteiger partial charge in [-0.05, 0) is 24.3 Å². The highest BCUT2D eigenvalue weighted by atomic mass is 16.5. The molecule has 2 aromatic rings. The molecule has 0 bridgehead atoms. The standard InChI is InChI=1S/C16H17N5O2/c1-22-11-4-2-5-12(8-11)23-15-9-13(19-10-20-15)16(18)7-3-6-14(17)21-16/h2-10,21H,17-18H2,1H3. The van der Waals surface area contributed by atoms with Crippen LogP contribution in [0.4, 0.5) is 0 Å². The summed E-state index contributed by atoms with van der Waals surface area (Å²) in [4.78, 5) is 8.31. The maximum absolute atomic E-state index is 6.29. The Labute approximate surface area is 133 Å². The fourth-order valence-electron chi connectivity index (χ4n) is 2.18. The molecule has 1 atom stereocenters.